The maximum atomic E-state index is 14.4. The first-order valence-corrected chi connectivity index (χ1v) is 9.04. The Morgan fingerprint density at radius 3 is 2.27 bits per heavy atom. The third-order valence-corrected chi connectivity index (χ3v) is 4.97. The maximum Gasteiger partial charge on any atom is 0.128 e. The number of hydrogen-bond donors (Lipinski definition) is 0. The molecule has 0 saturated heterocycles. The zero-order valence-electron chi connectivity index (χ0n) is 13.7. The molecule has 1 aliphatic heterocycles. The van der Waals surface area contributed by atoms with Crippen LogP contribution in [0.25, 0.3) is 0 Å². The molecule has 0 saturated carbocycles. The molecule has 0 amide bonds. The fourth-order valence-electron chi connectivity index (χ4n) is 3.15. The second-order valence-corrected chi connectivity index (χ2v) is 7.03. The number of rotatable bonds is 3. The molecule has 26 heavy (non-hydrogen) atoms. The number of hydrogen-bond acceptors (Lipinski definition) is 2. The van der Waals surface area contributed by atoms with Crippen LogP contribution in [0.15, 0.2) is 82.4 Å². The van der Waals surface area contributed by atoms with Crippen molar-refractivity contribution in [2.75, 3.05) is 5.01 Å². The average molecular weight is 413 g/mol. The van der Waals surface area contributed by atoms with E-state index in [-0.39, 0.29) is 17.7 Å². The molecule has 3 aromatic carbocycles. The van der Waals surface area contributed by atoms with Gasteiger partial charge >= 0.3 is 0 Å². The SMILES string of the molecule is Fc1ccc(C2=NN(c3ccc(Br)cc3)C(c3ccccc3F)C2)cc1. The smallest absolute Gasteiger partial charge is 0.128 e. The third kappa shape index (κ3) is 3.27. The highest BCUT2D eigenvalue weighted by atomic mass is 79.9. The zero-order valence-corrected chi connectivity index (χ0v) is 15.3. The van der Waals surface area contributed by atoms with Gasteiger partial charge in [0.2, 0.25) is 0 Å². The van der Waals surface area contributed by atoms with E-state index in [0.29, 0.717) is 12.0 Å². The molecule has 0 aliphatic carbocycles. The van der Waals surface area contributed by atoms with E-state index in [9.17, 15) is 8.78 Å². The standard InChI is InChI=1S/C21H15BrF2N2/c22-15-7-11-17(12-8-15)26-21(18-3-1-2-4-19(18)24)13-20(25-26)14-5-9-16(23)10-6-14/h1-12,21H,13H2. The van der Waals surface area contributed by atoms with Gasteiger partial charge in [0.05, 0.1) is 17.4 Å². The minimum atomic E-state index is -0.289. The van der Waals surface area contributed by atoms with Crippen LogP contribution in [0.3, 0.4) is 0 Å². The van der Waals surface area contributed by atoms with Crippen LogP contribution in [0, 0.1) is 11.6 Å². The fraction of sp³-hybridized carbons (Fsp3) is 0.0952. The first kappa shape index (κ1) is 16.9. The van der Waals surface area contributed by atoms with Crippen molar-refractivity contribution >= 4 is 27.3 Å². The molecule has 0 spiro atoms. The van der Waals surface area contributed by atoms with Gasteiger partial charge in [0.15, 0.2) is 0 Å². The Bertz CT molecular complexity index is 953. The van der Waals surface area contributed by atoms with Crippen molar-refractivity contribution in [3.05, 3.63) is 100 Å². The molecule has 5 heteroatoms. The quantitative estimate of drug-likeness (QED) is 0.508. The molecular formula is C21H15BrF2N2. The Hall–Kier alpha value is -2.53. The van der Waals surface area contributed by atoms with E-state index in [1.54, 1.807) is 24.3 Å². The molecule has 1 atom stereocenters. The number of hydrazone groups is 1. The van der Waals surface area contributed by atoms with Crippen molar-refractivity contribution in [1.82, 2.24) is 0 Å². The van der Waals surface area contributed by atoms with Gasteiger partial charge in [-0.25, -0.2) is 8.78 Å². The highest BCUT2D eigenvalue weighted by Crippen LogP contribution is 2.37. The topological polar surface area (TPSA) is 15.6 Å². The lowest BCUT2D eigenvalue weighted by Crippen LogP contribution is -2.19. The van der Waals surface area contributed by atoms with Crippen LogP contribution in [0.5, 0.6) is 0 Å². The third-order valence-electron chi connectivity index (χ3n) is 4.44. The minimum Gasteiger partial charge on any atom is -0.257 e. The Morgan fingerprint density at radius 1 is 0.885 bits per heavy atom. The molecule has 0 fully saturated rings. The van der Waals surface area contributed by atoms with Crippen LogP contribution >= 0.6 is 15.9 Å². The summed E-state index contributed by atoms with van der Waals surface area (Å²) in [6, 6.07) is 20.5. The Labute approximate surface area is 158 Å². The Morgan fingerprint density at radius 2 is 1.58 bits per heavy atom. The predicted octanol–water partition coefficient (Wildman–Crippen LogP) is 6.08. The molecule has 1 aliphatic rings. The van der Waals surface area contributed by atoms with Crippen LogP contribution < -0.4 is 5.01 Å². The zero-order chi connectivity index (χ0) is 18.1. The van der Waals surface area contributed by atoms with E-state index < -0.39 is 0 Å². The lowest BCUT2D eigenvalue weighted by atomic mass is 9.98. The fourth-order valence-corrected chi connectivity index (χ4v) is 3.41. The van der Waals surface area contributed by atoms with Gasteiger partial charge in [-0.1, -0.05) is 46.3 Å². The second kappa shape index (κ2) is 7.00. The summed E-state index contributed by atoms with van der Waals surface area (Å²) in [5, 5.41) is 6.57. The van der Waals surface area contributed by atoms with Crippen molar-refractivity contribution in [1.29, 1.82) is 0 Å². The summed E-state index contributed by atoms with van der Waals surface area (Å²) in [7, 11) is 0. The summed E-state index contributed by atoms with van der Waals surface area (Å²) >= 11 is 3.43. The largest absolute Gasteiger partial charge is 0.257 e. The van der Waals surface area contributed by atoms with Gasteiger partial charge in [0, 0.05) is 16.5 Å². The van der Waals surface area contributed by atoms with E-state index in [0.717, 1.165) is 21.4 Å². The van der Waals surface area contributed by atoms with Gasteiger partial charge in [-0.2, -0.15) is 5.10 Å². The summed E-state index contributed by atoms with van der Waals surface area (Å²) in [4.78, 5) is 0. The number of nitrogens with zero attached hydrogens (tertiary/aromatic N) is 2. The summed E-state index contributed by atoms with van der Waals surface area (Å²) in [6.45, 7) is 0. The molecule has 0 aromatic heterocycles. The van der Waals surface area contributed by atoms with Gasteiger partial charge in [-0.15, -0.1) is 0 Å². The summed E-state index contributed by atoms with van der Waals surface area (Å²) in [5.41, 5.74) is 3.11. The molecule has 3 aromatic rings. The first-order chi connectivity index (χ1) is 12.6. The molecule has 1 unspecified atom stereocenters. The minimum absolute atomic E-state index is 0.252. The summed E-state index contributed by atoms with van der Waals surface area (Å²) in [6.07, 6.45) is 0.544. The first-order valence-electron chi connectivity index (χ1n) is 8.24. The van der Waals surface area contributed by atoms with E-state index >= 15 is 0 Å². The van der Waals surface area contributed by atoms with Gasteiger partial charge < -0.3 is 0 Å². The van der Waals surface area contributed by atoms with Gasteiger partial charge in [0.1, 0.15) is 11.6 Å². The predicted molar refractivity (Wildman–Crippen MR) is 103 cm³/mol. The number of halogens is 3. The van der Waals surface area contributed by atoms with E-state index in [2.05, 4.69) is 15.9 Å². The van der Waals surface area contributed by atoms with Crippen molar-refractivity contribution in [3.8, 4) is 0 Å². The molecule has 4 rings (SSSR count). The van der Waals surface area contributed by atoms with Crippen LogP contribution in [-0.4, -0.2) is 5.71 Å². The lowest BCUT2D eigenvalue weighted by molar-refractivity contribution is 0.579. The second-order valence-electron chi connectivity index (χ2n) is 6.12. The molecule has 1 heterocycles. The molecule has 0 N–H and O–H groups in total. The van der Waals surface area contributed by atoms with E-state index in [1.165, 1.54) is 18.2 Å². The van der Waals surface area contributed by atoms with Gasteiger partial charge in [0.25, 0.3) is 0 Å². The highest BCUT2D eigenvalue weighted by Gasteiger charge is 2.31. The Kier molecular flexibility index (Phi) is 4.55. The summed E-state index contributed by atoms with van der Waals surface area (Å²) < 4.78 is 28.6. The summed E-state index contributed by atoms with van der Waals surface area (Å²) in [5.74, 6) is -0.544. The normalized spacial score (nSPS) is 16.7. The molecule has 0 bridgehead atoms. The van der Waals surface area contributed by atoms with Crippen LogP contribution in [0.1, 0.15) is 23.6 Å². The lowest BCUT2D eigenvalue weighted by Gasteiger charge is -2.24. The van der Waals surface area contributed by atoms with Crippen molar-refractivity contribution in [3.63, 3.8) is 0 Å². The van der Waals surface area contributed by atoms with Crippen LogP contribution in [0.2, 0.25) is 0 Å². The molecular weight excluding hydrogens is 398 g/mol. The molecule has 130 valence electrons. The van der Waals surface area contributed by atoms with Crippen molar-refractivity contribution < 1.29 is 8.78 Å². The van der Waals surface area contributed by atoms with Crippen molar-refractivity contribution in [2.45, 2.75) is 12.5 Å². The van der Waals surface area contributed by atoms with Crippen LogP contribution in [0.4, 0.5) is 14.5 Å². The average Bonchev–Trinajstić information content (AvgIpc) is 3.08. The van der Waals surface area contributed by atoms with Gasteiger partial charge in [-0.3, -0.25) is 5.01 Å². The Balaban J connectivity index is 1.77. The van der Waals surface area contributed by atoms with Gasteiger partial charge in [-0.05, 0) is 48.0 Å². The van der Waals surface area contributed by atoms with E-state index in [4.69, 9.17) is 5.10 Å². The monoisotopic (exact) mass is 412 g/mol. The van der Waals surface area contributed by atoms with Crippen molar-refractivity contribution in [2.24, 2.45) is 5.10 Å². The van der Waals surface area contributed by atoms with Crippen LogP contribution in [-0.2, 0) is 0 Å². The van der Waals surface area contributed by atoms with E-state index in [1.807, 2.05) is 35.3 Å². The number of benzene rings is 3. The number of anilines is 1. The highest BCUT2D eigenvalue weighted by molar-refractivity contribution is 9.10. The maximum absolute atomic E-state index is 14.4. The molecule has 2 nitrogen and oxygen atoms in total. The molecule has 0 radical (unpaired) electrons.